The Labute approximate surface area is 62.4 Å². The summed E-state index contributed by atoms with van der Waals surface area (Å²) in [6, 6.07) is 0. The smallest absolute Gasteiger partial charge is 0.0636 e. The van der Waals surface area contributed by atoms with E-state index < -0.39 is 0 Å². The van der Waals surface area contributed by atoms with Crippen LogP contribution in [0.4, 0.5) is 0 Å². The van der Waals surface area contributed by atoms with E-state index >= 15 is 0 Å². The largest absolute Gasteiger partial charge is 0.400 e. The zero-order chi connectivity index (χ0) is 8.04. The van der Waals surface area contributed by atoms with Gasteiger partial charge in [0.15, 0.2) is 0 Å². The van der Waals surface area contributed by atoms with Gasteiger partial charge in [-0.25, -0.2) is 0 Å². The van der Waals surface area contributed by atoms with E-state index in [1.54, 1.807) is 0 Å². The van der Waals surface area contributed by atoms with Crippen LogP contribution in [0.5, 0.6) is 0 Å². The molecule has 5 N–H and O–H groups in total. The van der Waals surface area contributed by atoms with Gasteiger partial charge in [-0.15, -0.1) is 0 Å². The molecule has 1 saturated carbocycles. The van der Waals surface area contributed by atoms with Crippen LogP contribution in [0.2, 0.25) is 0 Å². The maximum absolute atomic E-state index is 7.00. The van der Waals surface area contributed by atoms with Crippen LogP contribution in [0, 0.1) is 0 Å². The number of hydrogen-bond acceptors (Lipinski definition) is 3. The van der Waals surface area contributed by atoms with Gasteiger partial charge >= 0.3 is 0 Å². The van der Waals surface area contributed by atoms with Crippen molar-refractivity contribution in [3.63, 3.8) is 0 Å². The standard InChI is InChI=1S/C6H14N2.CH4O/c7-6(8)4-2-1-3-5-6;1-2/h1-5,7-8H2;2H,1H3. The molecule has 0 aromatic heterocycles. The normalized spacial score (nSPS) is 22.8. The van der Waals surface area contributed by atoms with Crippen LogP contribution in [0.1, 0.15) is 32.1 Å². The highest BCUT2D eigenvalue weighted by Crippen LogP contribution is 2.20. The zero-order valence-electron chi connectivity index (χ0n) is 6.64. The van der Waals surface area contributed by atoms with Crippen molar-refractivity contribution in [3.05, 3.63) is 0 Å². The lowest BCUT2D eigenvalue weighted by atomic mass is 9.91. The first-order valence-corrected chi connectivity index (χ1v) is 3.73. The van der Waals surface area contributed by atoms with Gasteiger partial charge in [-0.2, -0.15) is 0 Å². The van der Waals surface area contributed by atoms with Gasteiger partial charge in [-0.05, 0) is 12.8 Å². The third kappa shape index (κ3) is 3.82. The number of aliphatic hydroxyl groups is 1. The minimum atomic E-state index is -0.321. The van der Waals surface area contributed by atoms with Gasteiger partial charge in [0.25, 0.3) is 0 Å². The second-order valence-electron chi connectivity index (χ2n) is 2.79. The minimum absolute atomic E-state index is 0.321. The van der Waals surface area contributed by atoms with E-state index in [1.807, 2.05) is 0 Å². The molecule has 0 atom stereocenters. The molecule has 1 rings (SSSR count). The summed E-state index contributed by atoms with van der Waals surface area (Å²) < 4.78 is 0. The Kier molecular flexibility index (Phi) is 4.60. The molecule has 1 fully saturated rings. The van der Waals surface area contributed by atoms with Gasteiger partial charge in [-0.1, -0.05) is 19.3 Å². The third-order valence-electron chi connectivity index (χ3n) is 1.78. The molecule has 1 aliphatic carbocycles. The van der Waals surface area contributed by atoms with Gasteiger partial charge in [0.1, 0.15) is 0 Å². The lowest BCUT2D eigenvalue weighted by Gasteiger charge is -2.28. The number of aliphatic hydroxyl groups excluding tert-OH is 1. The first kappa shape index (κ1) is 9.88. The lowest BCUT2D eigenvalue weighted by Crippen LogP contribution is -2.50. The van der Waals surface area contributed by atoms with Crippen molar-refractivity contribution >= 4 is 0 Å². The summed E-state index contributed by atoms with van der Waals surface area (Å²) in [6.07, 6.45) is 5.76. The Hall–Kier alpha value is -0.120. The summed E-state index contributed by atoms with van der Waals surface area (Å²) in [5.74, 6) is 0. The van der Waals surface area contributed by atoms with Crippen LogP contribution in [0.25, 0.3) is 0 Å². The number of nitrogens with two attached hydrogens (primary N) is 2. The van der Waals surface area contributed by atoms with Crippen molar-refractivity contribution < 1.29 is 5.11 Å². The van der Waals surface area contributed by atoms with E-state index in [-0.39, 0.29) is 5.66 Å². The maximum atomic E-state index is 7.00. The number of rotatable bonds is 0. The van der Waals surface area contributed by atoms with Crippen LogP contribution < -0.4 is 11.5 Å². The fourth-order valence-corrected chi connectivity index (χ4v) is 1.21. The highest BCUT2D eigenvalue weighted by Gasteiger charge is 2.21. The van der Waals surface area contributed by atoms with Crippen molar-refractivity contribution in [2.45, 2.75) is 37.8 Å². The monoisotopic (exact) mass is 146 g/mol. The van der Waals surface area contributed by atoms with Gasteiger partial charge in [0, 0.05) is 7.11 Å². The Balaban J connectivity index is 0.000000371. The summed E-state index contributed by atoms with van der Waals surface area (Å²) >= 11 is 0. The molecule has 0 heterocycles. The Morgan fingerprint density at radius 3 is 1.60 bits per heavy atom. The molecule has 0 unspecified atom stereocenters. The maximum Gasteiger partial charge on any atom is 0.0636 e. The topological polar surface area (TPSA) is 72.3 Å². The van der Waals surface area contributed by atoms with Crippen LogP contribution in [0.3, 0.4) is 0 Å². The van der Waals surface area contributed by atoms with Crippen molar-refractivity contribution in [3.8, 4) is 0 Å². The second kappa shape index (κ2) is 4.66. The first-order chi connectivity index (χ1) is 4.71. The van der Waals surface area contributed by atoms with E-state index in [9.17, 15) is 0 Å². The van der Waals surface area contributed by atoms with Crippen LogP contribution in [0.15, 0.2) is 0 Å². The van der Waals surface area contributed by atoms with E-state index in [0.29, 0.717) is 0 Å². The molecule has 0 saturated heterocycles. The van der Waals surface area contributed by atoms with Crippen LogP contribution in [-0.4, -0.2) is 17.9 Å². The Morgan fingerprint density at radius 1 is 1.00 bits per heavy atom. The van der Waals surface area contributed by atoms with E-state index in [4.69, 9.17) is 16.6 Å². The highest BCUT2D eigenvalue weighted by atomic mass is 16.2. The van der Waals surface area contributed by atoms with Crippen LogP contribution >= 0.6 is 0 Å². The first-order valence-electron chi connectivity index (χ1n) is 3.73. The predicted octanol–water partition coefficient (Wildman–Crippen LogP) is 0.173. The summed E-state index contributed by atoms with van der Waals surface area (Å²) in [5.41, 5.74) is 11.0. The van der Waals surface area contributed by atoms with Gasteiger partial charge in [-0.3, -0.25) is 0 Å². The van der Waals surface area contributed by atoms with Gasteiger partial charge in [0.05, 0.1) is 5.66 Å². The fourth-order valence-electron chi connectivity index (χ4n) is 1.21. The third-order valence-corrected chi connectivity index (χ3v) is 1.78. The molecule has 62 valence electrons. The van der Waals surface area contributed by atoms with E-state index in [0.717, 1.165) is 20.0 Å². The summed E-state index contributed by atoms with van der Waals surface area (Å²) in [5, 5.41) is 7.00. The van der Waals surface area contributed by atoms with Crippen molar-refractivity contribution in [2.75, 3.05) is 7.11 Å². The molecule has 0 amide bonds. The van der Waals surface area contributed by atoms with Crippen molar-refractivity contribution in [1.29, 1.82) is 0 Å². The average Bonchev–Trinajstić information content (AvgIpc) is 1.92. The molecule has 0 aromatic carbocycles. The van der Waals surface area contributed by atoms with Crippen molar-refractivity contribution in [2.24, 2.45) is 11.5 Å². The van der Waals surface area contributed by atoms with Gasteiger partial charge < -0.3 is 16.6 Å². The summed E-state index contributed by atoms with van der Waals surface area (Å²) in [4.78, 5) is 0. The van der Waals surface area contributed by atoms with Crippen molar-refractivity contribution in [1.82, 2.24) is 0 Å². The Morgan fingerprint density at radius 2 is 1.40 bits per heavy atom. The molecule has 0 aromatic rings. The summed E-state index contributed by atoms with van der Waals surface area (Å²) in [6.45, 7) is 0. The Bertz CT molecular complexity index is 75.7. The minimum Gasteiger partial charge on any atom is -0.400 e. The molecule has 0 aliphatic heterocycles. The summed E-state index contributed by atoms with van der Waals surface area (Å²) in [7, 11) is 1.00. The van der Waals surface area contributed by atoms with Gasteiger partial charge in [0.2, 0.25) is 0 Å². The molecule has 0 radical (unpaired) electrons. The molecular formula is C7H18N2O. The molecule has 10 heavy (non-hydrogen) atoms. The van der Waals surface area contributed by atoms with E-state index in [2.05, 4.69) is 0 Å². The molecule has 0 spiro atoms. The molecule has 3 nitrogen and oxygen atoms in total. The zero-order valence-corrected chi connectivity index (χ0v) is 6.64. The van der Waals surface area contributed by atoms with E-state index in [1.165, 1.54) is 19.3 Å². The SMILES string of the molecule is CO.NC1(N)CCCCC1. The molecular weight excluding hydrogens is 128 g/mol. The average molecular weight is 146 g/mol. The second-order valence-corrected chi connectivity index (χ2v) is 2.79. The fraction of sp³-hybridized carbons (Fsp3) is 1.00. The lowest BCUT2D eigenvalue weighted by molar-refractivity contribution is 0.306. The molecule has 3 heteroatoms. The molecule has 1 aliphatic rings. The number of hydrogen-bond donors (Lipinski definition) is 3. The highest BCUT2D eigenvalue weighted by molar-refractivity contribution is 4.79. The van der Waals surface area contributed by atoms with Crippen LogP contribution in [-0.2, 0) is 0 Å². The predicted molar refractivity (Wildman–Crippen MR) is 42.3 cm³/mol. The molecule has 0 bridgehead atoms. The quantitative estimate of drug-likeness (QED) is 0.427.